The van der Waals surface area contributed by atoms with Crippen LogP contribution in [-0.2, 0) is 14.4 Å². The molecule has 3 aromatic heterocycles. The van der Waals surface area contributed by atoms with Crippen molar-refractivity contribution in [3.63, 3.8) is 0 Å². The van der Waals surface area contributed by atoms with E-state index in [9.17, 15) is 19.5 Å². The van der Waals surface area contributed by atoms with E-state index in [1.165, 1.54) is 5.39 Å². The third kappa shape index (κ3) is 13.4. The maximum absolute atomic E-state index is 13.5. The van der Waals surface area contributed by atoms with Gasteiger partial charge in [-0.15, -0.1) is 0 Å². The number of aromatic nitrogens is 3. The Morgan fingerprint density at radius 2 is 1.20 bits per heavy atom. The minimum Gasteiger partial charge on any atom is -0.486 e. The van der Waals surface area contributed by atoms with Gasteiger partial charge in [0, 0.05) is 89.9 Å². The number of carbonyl (C=O) groups excluding carboxylic acids is 1. The molecule has 8 heterocycles. The quantitative estimate of drug-likeness (QED) is 0.0882. The normalized spacial score (nSPS) is 19.9. The molecule has 0 unspecified atom stereocenters. The lowest BCUT2D eigenvalue weighted by Gasteiger charge is -2.30. The first-order valence-electron chi connectivity index (χ1n) is 25.5. The van der Waals surface area contributed by atoms with E-state index in [1.54, 1.807) is 18.6 Å². The van der Waals surface area contributed by atoms with Crippen LogP contribution in [0.5, 0.6) is 11.5 Å². The van der Waals surface area contributed by atoms with Gasteiger partial charge in [0.2, 0.25) is 5.91 Å². The molecule has 74 heavy (non-hydrogen) atoms. The van der Waals surface area contributed by atoms with Gasteiger partial charge in [0.05, 0.1) is 40.3 Å². The average Bonchev–Trinajstić information content (AvgIpc) is 4.30. The fourth-order valence-electron chi connectivity index (χ4n) is 10.1. The molecule has 0 bridgehead atoms. The number of amides is 1. The van der Waals surface area contributed by atoms with Crippen molar-refractivity contribution in [2.45, 2.75) is 44.2 Å². The minimum absolute atomic E-state index is 0.00204. The van der Waals surface area contributed by atoms with Crippen molar-refractivity contribution >= 4 is 77.9 Å². The van der Waals surface area contributed by atoms with E-state index in [0.717, 1.165) is 114 Å². The Labute approximate surface area is 438 Å². The lowest BCUT2D eigenvalue weighted by atomic mass is 9.99. The van der Waals surface area contributed by atoms with Crippen LogP contribution in [0, 0.1) is 17.8 Å². The van der Waals surface area contributed by atoms with E-state index in [-0.39, 0.29) is 23.7 Å². The molecule has 386 valence electrons. The van der Waals surface area contributed by atoms with Gasteiger partial charge in [0.15, 0.2) is 11.5 Å². The number of ether oxygens (including phenoxy) is 2. The molecule has 7 aromatic rings. The van der Waals surface area contributed by atoms with Gasteiger partial charge in [-0.05, 0) is 124 Å². The predicted octanol–water partition coefficient (Wildman–Crippen LogP) is 7.97. The Kier molecular flexibility index (Phi) is 17.5. The van der Waals surface area contributed by atoms with Crippen LogP contribution in [0.3, 0.4) is 0 Å². The van der Waals surface area contributed by atoms with Crippen molar-refractivity contribution in [2.75, 3.05) is 81.9 Å². The summed E-state index contributed by atoms with van der Waals surface area (Å²) in [5.74, 6) is -0.538. The van der Waals surface area contributed by atoms with Crippen molar-refractivity contribution in [2.24, 2.45) is 17.8 Å². The van der Waals surface area contributed by atoms with Gasteiger partial charge in [-0.25, -0.2) is 0 Å². The van der Waals surface area contributed by atoms with Gasteiger partial charge < -0.3 is 50.1 Å². The molecule has 17 heteroatoms. The van der Waals surface area contributed by atoms with E-state index in [0.29, 0.717) is 50.9 Å². The number of hydrogen-bond acceptors (Lipinski definition) is 13. The number of anilines is 2. The van der Waals surface area contributed by atoms with Crippen LogP contribution in [0.1, 0.15) is 43.8 Å². The molecule has 4 aromatic carbocycles. The highest BCUT2D eigenvalue weighted by atomic mass is 79.9. The third-order valence-electron chi connectivity index (χ3n) is 14.3. The summed E-state index contributed by atoms with van der Waals surface area (Å²) in [6.45, 7) is 7.99. The summed E-state index contributed by atoms with van der Waals surface area (Å²) in [5.41, 5.74) is 5.82. The van der Waals surface area contributed by atoms with E-state index < -0.39 is 24.1 Å². The number of pyridine rings is 3. The first-order valence-corrected chi connectivity index (χ1v) is 26.3. The maximum Gasteiger partial charge on any atom is 0.308 e. The Morgan fingerprint density at radius 1 is 0.649 bits per heavy atom. The molecule has 0 radical (unpaired) electrons. The number of halogens is 1. The fourth-order valence-corrected chi connectivity index (χ4v) is 10.4. The fraction of sp³-hybridized carbons (Fsp3) is 0.368. The molecule has 1 amide bonds. The van der Waals surface area contributed by atoms with Crippen molar-refractivity contribution < 1.29 is 39.2 Å². The zero-order valence-electron chi connectivity index (χ0n) is 41.3. The number of aliphatic hydroxyl groups is 1. The summed E-state index contributed by atoms with van der Waals surface area (Å²) in [6, 6.07) is 35.5. The number of carboxylic acid groups (broad SMARTS) is 2. The van der Waals surface area contributed by atoms with Gasteiger partial charge in [-0.3, -0.25) is 29.3 Å². The van der Waals surface area contributed by atoms with Crippen LogP contribution in [0.2, 0.25) is 0 Å². The summed E-state index contributed by atoms with van der Waals surface area (Å²) >= 11 is 3.39. The van der Waals surface area contributed by atoms with Gasteiger partial charge in [0.1, 0.15) is 19.3 Å². The molecule has 0 spiro atoms. The Bertz CT molecular complexity index is 3040. The van der Waals surface area contributed by atoms with E-state index in [1.807, 2.05) is 78.9 Å². The minimum atomic E-state index is -0.843. The SMILES string of the molecule is Brc1ccc2cccnc2c1.O=C(N[C@H](CN1CCCC1)[C@H](O)c1ccc2c(c1)OCCO2)[C@@H]1CCN(c2ccc3cccnc3c2)C1.O=C(O)[C@@H]1CCN(c2ccc3cccnc3c2)C1.O=C(O)[C@@H]1CCNC1. The Balaban J connectivity index is 0.000000148. The van der Waals surface area contributed by atoms with Crippen molar-refractivity contribution in [1.82, 2.24) is 30.5 Å². The monoisotopic (exact) mass is 1070 g/mol. The van der Waals surface area contributed by atoms with E-state index in [2.05, 4.69) is 86.5 Å². The maximum atomic E-state index is 13.5. The number of likely N-dealkylation sites (tertiary alicyclic amines) is 1. The third-order valence-corrected chi connectivity index (χ3v) is 14.7. The predicted molar refractivity (Wildman–Crippen MR) is 290 cm³/mol. The Hall–Kier alpha value is -6.92. The highest BCUT2D eigenvalue weighted by molar-refractivity contribution is 9.10. The summed E-state index contributed by atoms with van der Waals surface area (Å²) in [6.07, 6.45) is 9.13. The number of benzene rings is 4. The van der Waals surface area contributed by atoms with Crippen LogP contribution < -0.4 is 29.9 Å². The van der Waals surface area contributed by atoms with E-state index >= 15 is 0 Å². The second-order valence-electron chi connectivity index (χ2n) is 19.3. The summed E-state index contributed by atoms with van der Waals surface area (Å²) in [5, 5.41) is 38.4. The standard InChI is InChI=1S/C29H34N4O4.C14H14N2O2.C9H6BrN.C5H9NO2/c34-28(21-6-8-26-27(16-21)37-15-14-36-26)25(19-32-11-1-2-12-32)31-29(35)22-9-13-33(18-22)23-7-5-20-4-3-10-30-24(20)17-23;17-14(18)11-5-7-16(9-11)12-4-3-10-2-1-6-15-13(10)8-12;10-8-4-3-7-2-1-5-11-9(7)6-8;7-5(8)4-1-2-6-3-4/h3-8,10,16-17,22,25,28,34H,1-2,9,11-15,18-19H2,(H,31,35);1-4,6,8,11H,5,7,9H2,(H,17,18);1-6H;4,6H,1-3H2,(H,7,8)/t22-,25-,28-;11-;;4-/m11.1/s1. The number of aliphatic carboxylic acids is 2. The molecule has 5 N–H and O–H groups in total. The topological polar surface area (TPSA) is 203 Å². The average molecular weight is 1070 g/mol. The summed E-state index contributed by atoms with van der Waals surface area (Å²) in [7, 11) is 0. The van der Waals surface area contributed by atoms with Crippen molar-refractivity contribution in [3.8, 4) is 11.5 Å². The molecule has 5 atom stereocenters. The number of hydrogen-bond donors (Lipinski definition) is 5. The van der Waals surface area contributed by atoms with Gasteiger partial charge >= 0.3 is 11.9 Å². The summed E-state index contributed by atoms with van der Waals surface area (Å²) in [4.78, 5) is 54.3. The molecule has 0 aliphatic carbocycles. The second-order valence-corrected chi connectivity index (χ2v) is 20.2. The van der Waals surface area contributed by atoms with Crippen molar-refractivity contribution in [3.05, 3.63) is 138 Å². The largest absolute Gasteiger partial charge is 0.486 e. The van der Waals surface area contributed by atoms with Gasteiger partial charge in [-0.2, -0.15) is 0 Å². The van der Waals surface area contributed by atoms with Gasteiger partial charge in [-0.1, -0.05) is 58.4 Å². The van der Waals surface area contributed by atoms with Crippen LogP contribution in [0.4, 0.5) is 11.4 Å². The highest BCUT2D eigenvalue weighted by Gasteiger charge is 2.34. The molecule has 16 nitrogen and oxygen atoms in total. The van der Waals surface area contributed by atoms with Crippen molar-refractivity contribution in [1.29, 1.82) is 0 Å². The highest BCUT2D eigenvalue weighted by Crippen LogP contribution is 2.34. The number of carbonyl (C=O) groups is 3. The van der Waals surface area contributed by atoms with Crippen LogP contribution in [-0.4, -0.2) is 131 Å². The Morgan fingerprint density at radius 3 is 1.76 bits per heavy atom. The number of carboxylic acids is 2. The second kappa shape index (κ2) is 24.9. The molecule has 5 aliphatic heterocycles. The number of nitrogens with one attached hydrogen (secondary N) is 2. The number of aliphatic hydroxyl groups excluding tert-OH is 1. The number of fused-ring (bicyclic) bond motifs is 4. The van der Waals surface area contributed by atoms with Crippen LogP contribution in [0.15, 0.2) is 132 Å². The lowest BCUT2D eigenvalue weighted by molar-refractivity contribution is -0.141. The number of rotatable bonds is 10. The van der Waals surface area contributed by atoms with E-state index in [4.69, 9.17) is 19.7 Å². The number of nitrogens with zero attached hydrogens (tertiary/aromatic N) is 6. The first kappa shape index (κ1) is 52.0. The zero-order chi connectivity index (χ0) is 51.4. The molecular formula is C57H63BrN8O8. The molecule has 5 aliphatic rings. The lowest BCUT2D eigenvalue weighted by Crippen LogP contribution is -2.48. The molecule has 4 saturated heterocycles. The van der Waals surface area contributed by atoms with Gasteiger partial charge in [0.25, 0.3) is 0 Å². The molecule has 4 fully saturated rings. The summed E-state index contributed by atoms with van der Waals surface area (Å²) < 4.78 is 12.4. The first-order chi connectivity index (χ1) is 36.0. The smallest absolute Gasteiger partial charge is 0.308 e. The molecule has 12 rings (SSSR count). The van der Waals surface area contributed by atoms with Crippen LogP contribution in [0.25, 0.3) is 32.7 Å². The zero-order valence-corrected chi connectivity index (χ0v) is 42.9. The molecular weight excluding hydrogens is 1000 g/mol. The van der Waals surface area contributed by atoms with Crippen LogP contribution >= 0.6 is 15.9 Å². The molecule has 0 saturated carbocycles.